The average Bonchev–Trinajstić information content (AvgIpc) is 3.11. The second kappa shape index (κ2) is 8.71. The Labute approximate surface area is 164 Å². The molecule has 6 nitrogen and oxygen atoms in total. The molecule has 2 atom stereocenters. The molecule has 146 valence electrons. The van der Waals surface area contributed by atoms with Crippen LogP contribution in [0.4, 0.5) is 0 Å². The van der Waals surface area contributed by atoms with Crippen molar-refractivity contribution in [2.24, 2.45) is 11.7 Å². The van der Waals surface area contributed by atoms with Crippen molar-refractivity contribution in [2.45, 2.75) is 39.3 Å². The Balaban J connectivity index is 1.70. The summed E-state index contributed by atoms with van der Waals surface area (Å²) >= 11 is 1.59. The molecule has 0 saturated carbocycles. The number of amides is 1. The second-order valence-corrected chi connectivity index (χ2v) is 8.09. The van der Waals surface area contributed by atoms with Crippen LogP contribution in [0.1, 0.15) is 40.8 Å². The third-order valence-electron chi connectivity index (χ3n) is 4.94. The lowest BCUT2D eigenvalue weighted by Crippen LogP contribution is -2.45. The van der Waals surface area contributed by atoms with Crippen molar-refractivity contribution in [1.29, 1.82) is 0 Å². The minimum atomic E-state index is 0.0142. The molecule has 1 fully saturated rings. The molecule has 1 amide bonds. The standard InChI is InChI=1S/C20H27N3O3S/c1-13(21)16-5-4-8-23(10-16)20(24)15-6-7-18(19(9-15)25-3)26-11-17-12-27-14(2)22-17/h6-7,9,12-13,16H,4-5,8,10-11,21H2,1-3H3/t13-,16+/m0/s1. The van der Waals surface area contributed by atoms with E-state index in [2.05, 4.69) is 4.98 Å². The van der Waals surface area contributed by atoms with Gasteiger partial charge in [0.2, 0.25) is 0 Å². The third kappa shape index (κ3) is 4.78. The number of nitrogens with two attached hydrogens (primary N) is 1. The van der Waals surface area contributed by atoms with Gasteiger partial charge in [0.1, 0.15) is 6.61 Å². The van der Waals surface area contributed by atoms with Gasteiger partial charge in [0.25, 0.3) is 5.91 Å². The number of aromatic nitrogens is 1. The lowest BCUT2D eigenvalue weighted by atomic mass is 9.92. The van der Waals surface area contributed by atoms with Gasteiger partial charge in [-0.3, -0.25) is 4.79 Å². The van der Waals surface area contributed by atoms with E-state index >= 15 is 0 Å². The maximum absolute atomic E-state index is 12.9. The summed E-state index contributed by atoms with van der Waals surface area (Å²) in [6.45, 7) is 5.82. The van der Waals surface area contributed by atoms with Gasteiger partial charge in [-0.15, -0.1) is 11.3 Å². The van der Waals surface area contributed by atoms with E-state index in [1.807, 2.05) is 24.1 Å². The molecule has 0 bridgehead atoms. The van der Waals surface area contributed by atoms with Crippen molar-refractivity contribution in [3.05, 3.63) is 39.8 Å². The van der Waals surface area contributed by atoms with Crippen molar-refractivity contribution in [3.63, 3.8) is 0 Å². The van der Waals surface area contributed by atoms with E-state index in [1.165, 1.54) is 0 Å². The Morgan fingerprint density at radius 1 is 1.44 bits per heavy atom. The van der Waals surface area contributed by atoms with E-state index in [1.54, 1.807) is 36.6 Å². The number of carbonyl (C=O) groups is 1. The molecule has 1 aliphatic heterocycles. The molecule has 0 radical (unpaired) electrons. The summed E-state index contributed by atoms with van der Waals surface area (Å²) in [6, 6.07) is 5.43. The summed E-state index contributed by atoms with van der Waals surface area (Å²) in [5.74, 6) is 1.52. The molecule has 0 unspecified atom stereocenters. The first-order valence-electron chi connectivity index (χ1n) is 9.24. The van der Waals surface area contributed by atoms with Gasteiger partial charge in [0.15, 0.2) is 11.5 Å². The number of rotatable bonds is 6. The van der Waals surface area contributed by atoms with Crippen LogP contribution < -0.4 is 15.2 Å². The van der Waals surface area contributed by atoms with Gasteiger partial charge in [-0.1, -0.05) is 0 Å². The summed E-state index contributed by atoms with van der Waals surface area (Å²) in [7, 11) is 1.58. The van der Waals surface area contributed by atoms with Crippen molar-refractivity contribution in [2.75, 3.05) is 20.2 Å². The molecule has 27 heavy (non-hydrogen) atoms. The Morgan fingerprint density at radius 3 is 2.93 bits per heavy atom. The molecule has 0 aliphatic carbocycles. The zero-order valence-corrected chi connectivity index (χ0v) is 16.9. The summed E-state index contributed by atoms with van der Waals surface area (Å²) < 4.78 is 11.3. The SMILES string of the molecule is COc1cc(C(=O)N2CCC[C@@H]([C@H](C)N)C2)ccc1OCc1csc(C)n1. The first-order chi connectivity index (χ1) is 13.0. The van der Waals surface area contributed by atoms with Gasteiger partial charge in [-0.05, 0) is 50.8 Å². The van der Waals surface area contributed by atoms with Gasteiger partial charge in [0.05, 0.1) is 17.8 Å². The lowest BCUT2D eigenvalue weighted by Gasteiger charge is -2.34. The lowest BCUT2D eigenvalue weighted by molar-refractivity contribution is 0.0660. The van der Waals surface area contributed by atoms with Crippen molar-refractivity contribution in [3.8, 4) is 11.5 Å². The zero-order valence-electron chi connectivity index (χ0n) is 16.1. The largest absolute Gasteiger partial charge is 0.493 e. The number of piperidine rings is 1. The molecule has 7 heteroatoms. The Morgan fingerprint density at radius 2 is 2.26 bits per heavy atom. The van der Waals surface area contributed by atoms with E-state index in [9.17, 15) is 4.79 Å². The number of methoxy groups -OCH3 is 1. The number of thiazole rings is 1. The zero-order chi connectivity index (χ0) is 19.4. The van der Waals surface area contributed by atoms with Crippen LogP contribution in [0, 0.1) is 12.8 Å². The Hall–Kier alpha value is -2.12. The highest BCUT2D eigenvalue weighted by atomic mass is 32.1. The van der Waals surface area contributed by atoms with E-state index in [0.717, 1.165) is 30.1 Å². The molecular formula is C20H27N3O3S. The van der Waals surface area contributed by atoms with Crippen LogP contribution in [0.15, 0.2) is 23.6 Å². The van der Waals surface area contributed by atoms with Gasteiger partial charge in [-0.25, -0.2) is 4.98 Å². The van der Waals surface area contributed by atoms with Gasteiger partial charge >= 0.3 is 0 Å². The van der Waals surface area contributed by atoms with Crippen LogP contribution >= 0.6 is 11.3 Å². The summed E-state index contributed by atoms with van der Waals surface area (Å²) in [4.78, 5) is 19.2. The van der Waals surface area contributed by atoms with E-state index in [0.29, 0.717) is 36.1 Å². The van der Waals surface area contributed by atoms with E-state index in [4.69, 9.17) is 15.2 Å². The van der Waals surface area contributed by atoms with Crippen molar-refractivity contribution < 1.29 is 14.3 Å². The number of aryl methyl sites for hydroxylation is 1. The fourth-order valence-corrected chi connectivity index (χ4v) is 3.95. The maximum atomic E-state index is 12.9. The quantitative estimate of drug-likeness (QED) is 0.821. The monoisotopic (exact) mass is 389 g/mol. The number of hydrogen-bond acceptors (Lipinski definition) is 6. The number of likely N-dealkylation sites (tertiary alicyclic amines) is 1. The van der Waals surface area contributed by atoms with E-state index in [-0.39, 0.29) is 11.9 Å². The highest BCUT2D eigenvalue weighted by molar-refractivity contribution is 7.09. The molecule has 0 spiro atoms. The predicted octanol–water partition coefficient (Wildman–Crippen LogP) is 3.24. The minimum absolute atomic E-state index is 0.0142. The van der Waals surface area contributed by atoms with Crippen LogP contribution in [0.3, 0.4) is 0 Å². The molecule has 1 aliphatic rings. The van der Waals surface area contributed by atoms with Crippen molar-refractivity contribution in [1.82, 2.24) is 9.88 Å². The number of benzene rings is 1. The summed E-state index contributed by atoms with van der Waals surface area (Å²) in [5.41, 5.74) is 7.53. The molecular weight excluding hydrogens is 362 g/mol. The van der Waals surface area contributed by atoms with Crippen LogP contribution in [-0.2, 0) is 6.61 Å². The molecule has 1 saturated heterocycles. The van der Waals surface area contributed by atoms with E-state index < -0.39 is 0 Å². The van der Waals surface area contributed by atoms with Crippen LogP contribution in [0.25, 0.3) is 0 Å². The summed E-state index contributed by atoms with van der Waals surface area (Å²) in [6.07, 6.45) is 2.07. The smallest absolute Gasteiger partial charge is 0.254 e. The number of hydrogen-bond donors (Lipinski definition) is 1. The maximum Gasteiger partial charge on any atom is 0.254 e. The van der Waals surface area contributed by atoms with Crippen LogP contribution in [0.5, 0.6) is 11.5 Å². The Bertz CT molecular complexity index is 791. The number of nitrogens with zero attached hydrogens (tertiary/aromatic N) is 2. The molecule has 1 aromatic carbocycles. The number of ether oxygens (including phenoxy) is 2. The molecule has 1 aromatic heterocycles. The molecule has 2 aromatic rings. The Kier molecular flexibility index (Phi) is 6.34. The highest BCUT2D eigenvalue weighted by Gasteiger charge is 2.27. The predicted molar refractivity (Wildman–Crippen MR) is 106 cm³/mol. The highest BCUT2D eigenvalue weighted by Crippen LogP contribution is 2.30. The molecule has 3 rings (SSSR count). The van der Waals surface area contributed by atoms with Gasteiger partial charge in [-0.2, -0.15) is 0 Å². The van der Waals surface area contributed by atoms with Gasteiger partial charge < -0.3 is 20.1 Å². The van der Waals surface area contributed by atoms with Gasteiger partial charge in [0, 0.05) is 30.1 Å². The molecule has 2 heterocycles. The van der Waals surface area contributed by atoms with Crippen LogP contribution in [0.2, 0.25) is 0 Å². The van der Waals surface area contributed by atoms with Crippen molar-refractivity contribution >= 4 is 17.2 Å². The number of carbonyl (C=O) groups excluding carboxylic acids is 1. The third-order valence-corrected chi connectivity index (χ3v) is 5.76. The fraction of sp³-hybridized carbons (Fsp3) is 0.500. The first kappa shape index (κ1) is 19.6. The normalized spacial score (nSPS) is 18.2. The first-order valence-corrected chi connectivity index (χ1v) is 10.1. The second-order valence-electron chi connectivity index (χ2n) is 7.02. The topological polar surface area (TPSA) is 77.7 Å². The average molecular weight is 390 g/mol. The van der Waals surface area contributed by atoms with Crippen LogP contribution in [-0.4, -0.2) is 42.0 Å². The minimum Gasteiger partial charge on any atom is -0.493 e. The molecule has 2 N–H and O–H groups in total. The summed E-state index contributed by atoms with van der Waals surface area (Å²) in [5, 5.41) is 2.98. The fourth-order valence-electron chi connectivity index (χ4n) is 3.35.